The summed E-state index contributed by atoms with van der Waals surface area (Å²) in [5.41, 5.74) is 1.12. The summed E-state index contributed by atoms with van der Waals surface area (Å²) in [4.78, 5) is 37.3. The van der Waals surface area contributed by atoms with Gasteiger partial charge in [-0.3, -0.25) is 19.1 Å². The summed E-state index contributed by atoms with van der Waals surface area (Å²) in [5, 5.41) is 2.47. The summed E-state index contributed by atoms with van der Waals surface area (Å²) in [5.74, 6) is -0.338. The van der Waals surface area contributed by atoms with Gasteiger partial charge in [0.1, 0.15) is 0 Å². The number of fused-ring (bicyclic) bond motifs is 1. The third-order valence-electron chi connectivity index (χ3n) is 3.90. The number of hydrogen-bond donors (Lipinski definition) is 1. The van der Waals surface area contributed by atoms with Crippen molar-refractivity contribution < 1.29 is 14.3 Å². The molecule has 128 valence electrons. The molecule has 1 saturated heterocycles. The molecule has 1 N–H and O–H groups in total. The van der Waals surface area contributed by atoms with E-state index in [9.17, 15) is 14.4 Å². The molecule has 0 unspecified atom stereocenters. The Hall–Kier alpha value is -2.35. The van der Waals surface area contributed by atoms with Crippen molar-refractivity contribution in [2.75, 3.05) is 18.5 Å². The van der Waals surface area contributed by atoms with Gasteiger partial charge in [0.15, 0.2) is 6.10 Å². The van der Waals surface area contributed by atoms with Crippen LogP contribution < -0.4 is 15.1 Å². The number of amides is 2. The van der Waals surface area contributed by atoms with Crippen LogP contribution in [0.15, 0.2) is 23.0 Å². The predicted molar refractivity (Wildman–Crippen MR) is 92.8 cm³/mol. The maximum absolute atomic E-state index is 12.3. The third-order valence-corrected chi connectivity index (χ3v) is 4.80. The number of likely N-dealkylation sites (N-methyl/N-ethyl adjacent to an activating group) is 1. The minimum atomic E-state index is -0.823. The van der Waals surface area contributed by atoms with E-state index in [4.69, 9.17) is 4.74 Å². The molecule has 3 rings (SSSR count). The Balaban J connectivity index is 1.99. The highest BCUT2D eigenvalue weighted by molar-refractivity contribution is 7.16. The Morgan fingerprint density at radius 1 is 1.33 bits per heavy atom. The number of thiazole rings is 1. The summed E-state index contributed by atoms with van der Waals surface area (Å²) in [6.45, 7) is 6.07. The van der Waals surface area contributed by atoms with Crippen molar-refractivity contribution in [3.05, 3.63) is 27.9 Å². The fourth-order valence-corrected chi connectivity index (χ4v) is 3.88. The lowest BCUT2D eigenvalue weighted by molar-refractivity contribution is -0.127. The van der Waals surface area contributed by atoms with Crippen molar-refractivity contribution in [1.29, 1.82) is 0 Å². The van der Waals surface area contributed by atoms with Gasteiger partial charge >= 0.3 is 11.0 Å². The number of rotatable bonds is 2. The second kappa shape index (κ2) is 5.62. The van der Waals surface area contributed by atoms with Crippen LogP contribution >= 0.6 is 11.3 Å². The van der Waals surface area contributed by atoms with Crippen LogP contribution in [-0.4, -0.2) is 36.3 Å². The van der Waals surface area contributed by atoms with Crippen molar-refractivity contribution in [2.45, 2.75) is 32.4 Å². The molecule has 0 aliphatic carbocycles. The van der Waals surface area contributed by atoms with E-state index >= 15 is 0 Å². The number of ether oxygens (including phenoxy) is 1. The minimum absolute atomic E-state index is 0.0399. The van der Waals surface area contributed by atoms with Crippen LogP contribution in [0.2, 0.25) is 0 Å². The van der Waals surface area contributed by atoms with Gasteiger partial charge in [0, 0.05) is 18.3 Å². The molecule has 0 spiro atoms. The van der Waals surface area contributed by atoms with Gasteiger partial charge in [-0.2, -0.15) is 0 Å². The first kappa shape index (κ1) is 16.5. The van der Waals surface area contributed by atoms with Crippen LogP contribution in [0.3, 0.4) is 0 Å². The fraction of sp³-hybridized carbons (Fsp3) is 0.438. The standard InChI is InChI=1S/C16H19N3O4S/c1-16(2,3)19-10-6-5-9(7-12(10)24-15(19)22)18-8-11(13(20)17-4)23-14(18)21/h5-7,11H,8H2,1-4H3,(H,17,20)/t11-/m1/s1. The largest absolute Gasteiger partial charge is 0.434 e. The number of nitrogens with one attached hydrogen (secondary N) is 1. The molecular weight excluding hydrogens is 330 g/mol. The lowest BCUT2D eigenvalue weighted by Crippen LogP contribution is -2.35. The minimum Gasteiger partial charge on any atom is -0.434 e. The van der Waals surface area contributed by atoms with E-state index in [1.165, 1.54) is 11.9 Å². The quantitative estimate of drug-likeness (QED) is 0.898. The highest BCUT2D eigenvalue weighted by atomic mass is 32.1. The van der Waals surface area contributed by atoms with E-state index in [1.807, 2.05) is 26.8 Å². The summed E-state index contributed by atoms with van der Waals surface area (Å²) < 4.78 is 7.63. The van der Waals surface area contributed by atoms with Crippen LogP contribution in [0.1, 0.15) is 20.8 Å². The van der Waals surface area contributed by atoms with E-state index < -0.39 is 12.2 Å². The molecule has 7 nitrogen and oxygen atoms in total. The second-order valence-electron chi connectivity index (χ2n) is 6.62. The number of hydrogen-bond acceptors (Lipinski definition) is 5. The molecule has 0 radical (unpaired) electrons. The molecule has 1 aromatic carbocycles. The first-order valence-electron chi connectivity index (χ1n) is 7.58. The van der Waals surface area contributed by atoms with Crippen LogP contribution in [-0.2, 0) is 15.1 Å². The van der Waals surface area contributed by atoms with Crippen molar-refractivity contribution >= 4 is 39.2 Å². The molecule has 24 heavy (non-hydrogen) atoms. The summed E-state index contributed by atoms with van der Waals surface area (Å²) in [6, 6.07) is 5.38. The molecule has 0 saturated carbocycles. The molecule has 1 aliphatic rings. The number of carbonyl (C=O) groups excluding carboxylic acids is 2. The maximum atomic E-state index is 12.3. The Bertz CT molecular complexity index is 878. The Labute approximate surface area is 142 Å². The maximum Gasteiger partial charge on any atom is 0.415 e. The fourth-order valence-electron chi connectivity index (χ4n) is 2.78. The summed E-state index contributed by atoms with van der Waals surface area (Å²) in [7, 11) is 1.50. The van der Waals surface area contributed by atoms with Crippen LogP contribution in [0, 0.1) is 0 Å². The molecule has 2 aromatic rings. The molecule has 1 aliphatic heterocycles. The average molecular weight is 349 g/mol. The number of benzene rings is 1. The van der Waals surface area contributed by atoms with Crippen LogP contribution in [0.4, 0.5) is 10.5 Å². The molecule has 8 heteroatoms. The van der Waals surface area contributed by atoms with E-state index in [2.05, 4.69) is 5.32 Å². The zero-order valence-corrected chi connectivity index (χ0v) is 14.8. The molecule has 1 atom stereocenters. The first-order chi connectivity index (χ1) is 11.2. The molecule has 0 bridgehead atoms. The van der Waals surface area contributed by atoms with Gasteiger partial charge in [0.25, 0.3) is 5.91 Å². The van der Waals surface area contributed by atoms with E-state index in [0.29, 0.717) is 5.69 Å². The molecule has 1 fully saturated rings. The second-order valence-corrected chi connectivity index (χ2v) is 7.62. The van der Waals surface area contributed by atoms with Gasteiger partial charge in [0.05, 0.1) is 16.8 Å². The third kappa shape index (κ3) is 2.66. The van der Waals surface area contributed by atoms with Gasteiger partial charge in [0.2, 0.25) is 0 Å². The van der Waals surface area contributed by atoms with E-state index in [1.54, 1.807) is 16.7 Å². The molecular formula is C16H19N3O4S. The number of anilines is 1. The van der Waals surface area contributed by atoms with E-state index in [0.717, 1.165) is 21.6 Å². The SMILES string of the molecule is CNC(=O)[C@H]1CN(c2ccc3c(c2)sc(=O)n3C(C)(C)C)C(=O)O1. The number of carbonyl (C=O) groups is 2. The van der Waals surface area contributed by atoms with Crippen LogP contribution in [0.25, 0.3) is 10.2 Å². The number of cyclic esters (lactones) is 1. The van der Waals surface area contributed by atoms with Crippen LogP contribution in [0.5, 0.6) is 0 Å². The average Bonchev–Trinajstić information content (AvgIpc) is 3.04. The molecule has 2 amide bonds. The Morgan fingerprint density at radius 2 is 2.04 bits per heavy atom. The molecule has 2 heterocycles. The topological polar surface area (TPSA) is 80.6 Å². The van der Waals surface area contributed by atoms with Crippen molar-refractivity contribution in [1.82, 2.24) is 9.88 Å². The Morgan fingerprint density at radius 3 is 2.67 bits per heavy atom. The first-order valence-corrected chi connectivity index (χ1v) is 8.40. The predicted octanol–water partition coefficient (Wildman–Crippen LogP) is 1.89. The number of nitrogens with zero attached hydrogens (tertiary/aromatic N) is 2. The van der Waals surface area contributed by atoms with E-state index in [-0.39, 0.29) is 22.9 Å². The zero-order chi connectivity index (χ0) is 17.6. The van der Waals surface area contributed by atoms with Gasteiger partial charge in [-0.25, -0.2) is 4.79 Å². The van der Waals surface area contributed by atoms with Crippen molar-refractivity contribution in [3.8, 4) is 0 Å². The summed E-state index contributed by atoms with van der Waals surface area (Å²) in [6.07, 6.45) is -1.39. The highest BCUT2D eigenvalue weighted by Crippen LogP contribution is 2.29. The van der Waals surface area contributed by atoms with Gasteiger partial charge in [-0.1, -0.05) is 11.3 Å². The van der Waals surface area contributed by atoms with Gasteiger partial charge in [-0.05, 0) is 39.0 Å². The van der Waals surface area contributed by atoms with Crippen molar-refractivity contribution in [2.24, 2.45) is 0 Å². The number of aromatic nitrogens is 1. The Kier molecular flexibility index (Phi) is 3.87. The molecule has 1 aromatic heterocycles. The van der Waals surface area contributed by atoms with Crippen molar-refractivity contribution in [3.63, 3.8) is 0 Å². The lowest BCUT2D eigenvalue weighted by atomic mass is 10.1. The monoisotopic (exact) mass is 349 g/mol. The normalized spacial score (nSPS) is 18.1. The van der Waals surface area contributed by atoms with Gasteiger partial charge in [-0.15, -0.1) is 0 Å². The van der Waals surface area contributed by atoms with Gasteiger partial charge < -0.3 is 10.1 Å². The highest BCUT2D eigenvalue weighted by Gasteiger charge is 2.36. The lowest BCUT2D eigenvalue weighted by Gasteiger charge is -2.21. The smallest absolute Gasteiger partial charge is 0.415 e. The zero-order valence-electron chi connectivity index (χ0n) is 14.0. The summed E-state index contributed by atoms with van der Waals surface area (Å²) >= 11 is 1.14.